The lowest BCUT2D eigenvalue weighted by molar-refractivity contribution is 0.0784. The summed E-state index contributed by atoms with van der Waals surface area (Å²) in [6.07, 6.45) is 7.39. The molecule has 154 valence electrons. The summed E-state index contributed by atoms with van der Waals surface area (Å²) in [4.78, 5) is 27.4. The molecule has 2 aromatic rings. The number of aryl methyl sites for hydroxylation is 1. The Morgan fingerprint density at radius 1 is 1.03 bits per heavy atom. The van der Waals surface area contributed by atoms with Gasteiger partial charge in [-0.15, -0.1) is 0 Å². The molecule has 1 saturated carbocycles. The molecule has 0 unspecified atom stereocenters. The molecule has 29 heavy (non-hydrogen) atoms. The van der Waals surface area contributed by atoms with E-state index in [9.17, 15) is 14.0 Å². The molecule has 0 spiro atoms. The summed E-state index contributed by atoms with van der Waals surface area (Å²) in [5, 5.41) is 2.75. The van der Waals surface area contributed by atoms with Crippen LogP contribution in [0.3, 0.4) is 0 Å². The first-order chi connectivity index (χ1) is 14.0. The van der Waals surface area contributed by atoms with Gasteiger partial charge in [0.05, 0.1) is 16.8 Å². The van der Waals surface area contributed by atoms with Crippen molar-refractivity contribution in [2.75, 3.05) is 18.9 Å². The number of rotatable bonds is 6. The van der Waals surface area contributed by atoms with Gasteiger partial charge in [0.15, 0.2) is 0 Å². The molecule has 0 aromatic heterocycles. The third-order valence-corrected chi connectivity index (χ3v) is 5.80. The fraction of sp³-hybridized carbons (Fsp3) is 0.417. The molecule has 3 rings (SSSR count). The molecule has 0 atom stereocenters. The van der Waals surface area contributed by atoms with Crippen molar-refractivity contribution in [3.05, 3.63) is 65.0 Å². The predicted octanol–water partition coefficient (Wildman–Crippen LogP) is 5.43. The van der Waals surface area contributed by atoms with Crippen molar-refractivity contribution in [1.29, 1.82) is 0 Å². The molecule has 1 fully saturated rings. The smallest absolute Gasteiger partial charge is 0.258 e. The molecular formula is C24H29FN2O2. The van der Waals surface area contributed by atoms with Crippen LogP contribution in [0.25, 0.3) is 0 Å². The Morgan fingerprint density at radius 2 is 1.72 bits per heavy atom. The van der Waals surface area contributed by atoms with Crippen LogP contribution >= 0.6 is 0 Å². The largest absolute Gasteiger partial charge is 0.342 e. The van der Waals surface area contributed by atoms with E-state index in [4.69, 9.17) is 0 Å². The van der Waals surface area contributed by atoms with Crippen molar-refractivity contribution in [1.82, 2.24) is 4.90 Å². The Bertz CT molecular complexity index is 875. The standard InChI is InChI=1S/C24H29FN2O2/c1-17-9-8-13-20(22(17)26-23(28)19-12-6-7-14-21(19)25)24(29)27(2)16-15-18-10-4-3-5-11-18/h6-9,12-14,18H,3-5,10-11,15-16H2,1-2H3,(H,26,28). The summed E-state index contributed by atoms with van der Waals surface area (Å²) in [6.45, 7) is 2.52. The summed E-state index contributed by atoms with van der Waals surface area (Å²) in [5.74, 6) is -0.586. The number of nitrogens with one attached hydrogen (secondary N) is 1. The zero-order chi connectivity index (χ0) is 20.8. The minimum atomic E-state index is -0.587. The maximum absolute atomic E-state index is 14.0. The maximum Gasteiger partial charge on any atom is 0.258 e. The quantitative estimate of drug-likeness (QED) is 0.708. The first kappa shape index (κ1) is 21.0. The predicted molar refractivity (Wildman–Crippen MR) is 114 cm³/mol. The molecule has 0 heterocycles. The van der Waals surface area contributed by atoms with Gasteiger partial charge in [0, 0.05) is 13.6 Å². The fourth-order valence-electron chi connectivity index (χ4n) is 4.00. The summed E-state index contributed by atoms with van der Waals surface area (Å²) in [7, 11) is 1.80. The second-order valence-electron chi connectivity index (χ2n) is 7.95. The van der Waals surface area contributed by atoms with Gasteiger partial charge in [-0.2, -0.15) is 0 Å². The number of carbonyl (C=O) groups is 2. The molecule has 1 aliphatic rings. The van der Waals surface area contributed by atoms with E-state index in [1.807, 2.05) is 13.0 Å². The van der Waals surface area contributed by atoms with Crippen LogP contribution < -0.4 is 5.32 Å². The SMILES string of the molecule is Cc1cccc(C(=O)N(C)CCC2CCCCC2)c1NC(=O)c1ccccc1F. The Kier molecular flexibility index (Phi) is 7.02. The molecule has 0 bridgehead atoms. The minimum Gasteiger partial charge on any atom is -0.342 e. The maximum atomic E-state index is 14.0. The number of hydrogen-bond donors (Lipinski definition) is 1. The van der Waals surface area contributed by atoms with Gasteiger partial charge in [0.2, 0.25) is 0 Å². The molecule has 5 heteroatoms. The summed E-state index contributed by atoms with van der Waals surface area (Å²) in [6, 6.07) is 11.2. The van der Waals surface area contributed by atoms with E-state index in [1.54, 1.807) is 30.1 Å². The van der Waals surface area contributed by atoms with Crippen LogP contribution in [-0.4, -0.2) is 30.3 Å². The van der Waals surface area contributed by atoms with Gasteiger partial charge in [-0.1, -0.05) is 56.4 Å². The zero-order valence-electron chi connectivity index (χ0n) is 17.2. The molecule has 2 amide bonds. The normalized spacial score (nSPS) is 14.4. The van der Waals surface area contributed by atoms with Crippen molar-refractivity contribution in [2.24, 2.45) is 5.92 Å². The second-order valence-corrected chi connectivity index (χ2v) is 7.95. The van der Waals surface area contributed by atoms with Gasteiger partial charge in [-0.3, -0.25) is 9.59 Å². The molecule has 1 N–H and O–H groups in total. The number of anilines is 1. The van der Waals surface area contributed by atoms with E-state index >= 15 is 0 Å². The number of amides is 2. The zero-order valence-corrected chi connectivity index (χ0v) is 17.2. The van der Waals surface area contributed by atoms with E-state index < -0.39 is 11.7 Å². The van der Waals surface area contributed by atoms with E-state index in [0.717, 1.165) is 12.0 Å². The summed E-state index contributed by atoms with van der Waals surface area (Å²) in [5.41, 5.74) is 1.59. The van der Waals surface area contributed by atoms with Crippen LogP contribution in [0.4, 0.5) is 10.1 Å². The molecule has 4 nitrogen and oxygen atoms in total. The van der Waals surface area contributed by atoms with Crippen molar-refractivity contribution in [3.63, 3.8) is 0 Å². The molecule has 2 aromatic carbocycles. The van der Waals surface area contributed by atoms with Crippen molar-refractivity contribution in [3.8, 4) is 0 Å². The number of hydrogen-bond acceptors (Lipinski definition) is 2. The van der Waals surface area contributed by atoms with Crippen LogP contribution in [0.1, 0.15) is 64.8 Å². The van der Waals surface area contributed by atoms with Crippen LogP contribution in [0.5, 0.6) is 0 Å². The lowest BCUT2D eigenvalue weighted by Crippen LogP contribution is -2.30. The Hall–Kier alpha value is -2.69. The van der Waals surface area contributed by atoms with Crippen LogP contribution in [0.15, 0.2) is 42.5 Å². The highest BCUT2D eigenvalue weighted by Gasteiger charge is 2.21. The van der Waals surface area contributed by atoms with Crippen molar-refractivity contribution in [2.45, 2.75) is 45.4 Å². The van der Waals surface area contributed by atoms with Gasteiger partial charge in [0.25, 0.3) is 11.8 Å². The highest BCUT2D eigenvalue weighted by molar-refractivity contribution is 6.09. The lowest BCUT2D eigenvalue weighted by atomic mass is 9.87. The first-order valence-corrected chi connectivity index (χ1v) is 10.4. The fourth-order valence-corrected chi connectivity index (χ4v) is 4.00. The Balaban J connectivity index is 1.73. The van der Waals surface area contributed by atoms with Gasteiger partial charge in [-0.25, -0.2) is 4.39 Å². The second kappa shape index (κ2) is 9.68. The van der Waals surface area contributed by atoms with Crippen molar-refractivity contribution < 1.29 is 14.0 Å². The number of carbonyl (C=O) groups excluding carboxylic acids is 2. The number of para-hydroxylation sites is 1. The Morgan fingerprint density at radius 3 is 2.45 bits per heavy atom. The first-order valence-electron chi connectivity index (χ1n) is 10.4. The topological polar surface area (TPSA) is 49.4 Å². The third kappa shape index (κ3) is 5.22. The molecule has 1 aliphatic carbocycles. The van der Waals surface area contributed by atoms with Crippen LogP contribution in [-0.2, 0) is 0 Å². The molecule has 0 aliphatic heterocycles. The minimum absolute atomic E-state index is 0.0418. The third-order valence-electron chi connectivity index (χ3n) is 5.80. The number of nitrogens with zero attached hydrogens (tertiary/aromatic N) is 1. The summed E-state index contributed by atoms with van der Waals surface area (Å²) < 4.78 is 14.0. The van der Waals surface area contributed by atoms with Crippen LogP contribution in [0.2, 0.25) is 0 Å². The number of halogens is 1. The average molecular weight is 397 g/mol. The lowest BCUT2D eigenvalue weighted by Gasteiger charge is -2.25. The van der Waals surface area contributed by atoms with Crippen molar-refractivity contribution >= 4 is 17.5 Å². The Labute approximate surface area is 172 Å². The van der Waals surface area contributed by atoms with Crippen LogP contribution in [0, 0.1) is 18.7 Å². The highest BCUT2D eigenvalue weighted by Crippen LogP contribution is 2.27. The molecular weight excluding hydrogens is 367 g/mol. The van der Waals surface area contributed by atoms with Gasteiger partial charge < -0.3 is 10.2 Å². The highest BCUT2D eigenvalue weighted by atomic mass is 19.1. The summed E-state index contributed by atoms with van der Waals surface area (Å²) >= 11 is 0. The molecule has 0 radical (unpaired) electrons. The van der Waals surface area contributed by atoms with E-state index in [-0.39, 0.29) is 11.5 Å². The van der Waals surface area contributed by atoms with E-state index in [2.05, 4.69) is 5.32 Å². The van der Waals surface area contributed by atoms with E-state index in [0.29, 0.717) is 23.7 Å². The van der Waals surface area contributed by atoms with E-state index in [1.165, 1.54) is 50.3 Å². The monoisotopic (exact) mass is 396 g/mol. The number of benzene rings is 2. The molecule has 0 saturated heterocycles. The average Bonchev–Trinajstić information content (AvgIpc) is 2.74. The van der Waals surface area contributed by atoms with Gasteiger partial charge in [-0.05, 0) is 43.0 Å². The van der Waals surface area contributed by atoms with Gasteiger partial charge >= 0.3 is 0 Å². The van der Waals surface area contributed by atoms with Gasteiger partial charge in [0.1, 0.15) is 5.82 Å².